The molecule has 0 rings (SSSR count). The first-order valence-corrected chi connectivity index (χ1v) is 44.2. The Morgan fingerprint density at radius 3 is 0.717 bits per heavy atom. The van der Waals surface area contributed by atoms with Gasteiger partial charge in [-0.15, -0.1) is 0 Å². The lowest BCUT2D eigenvalue weighted by molar-refractivity contribution is -0.161. The molecule has 0 amide bonds. The highest BCUT2D eigenvalue weighted by molar-refractivity contribution is 7.47. The molecule has 0 heterocycles. The molecule has 588 valence electrons. The molecule has 0 aromatic carbocycles. The Morgan fingerprint density at radius 2 is 0.485 bits per heavy atom. The van der Waals surface area contributed by atoms with Crippen LogP contribution in [0, 0.1) is 23.7 Å². The normalized spacial score (nSPS) is 14.3. The minimum Gasteiger partial charge on any atom is -0.462 e. The van der Waals surface area contributed by atoms with Crippen LogP contribution in [0.5, 0.6) is 0 Å². The maximum Gasteiger partial charge on any atom is 0.472 e. The van der Waals surface area contributed by atoms with E-state index in [1.54, 1.807) is 0 Å². The number of hydrogen-bond donors (Lipinski definition) is 3. The largest absolute Gasteiger partial charge is 0.472 e. The van der Waals surface area contributed by atoms with Gasteiger partial charge in [0.1, 0.15) is 19.3 Å². The van der Waals surface area contributed by atoms with Crippen LogP contribution in [0.4, 0.5) is 0 Å². The van der Waals surface area contributed by atoms with Crippen LogP contribution < -0.4 is 0 Å². The maximum absolute atomic E-state index is 13.1. The summed E-state index contributed by atoms with van der Waals surface area (Å²) in [6, 6.07) is 0. The van der Waals surface area contributed by atoms with Crippen LogP contribution in [0.2, 0.25) is 0 Å². The van der Waals surface area contributed by atoms with Crippen LogP contribution in [0.15, 0.2) is 0 Å². The topological polar surface area (TPSA) is 237 Å². The number of aliphatic hydroxyl groups is 1. The lowest BCUT2D eigenvalue weighted by Gasteiger charge is -2.21. The molecule has 19 heteroatoms. The molecule has 0 aliphatic heterocycles. The van der Waals surface area contributed by atoms with Gasteiger partial charge in [-0.2, -0.15) is 0 Å². The van der Waals surface area contributed by atoms with E-state index in [9.17, 15) is 43.2 Å². The van der Waals surface area contributed by atoms with E-state index in [0.29, 0.717) is 31.6 Å². The summed E-state index contributed by atoms with van der Waals surface area (Å²) in [7, 11) is -9.92. The monoisotopic (exact) mass is 1450 g/mol. The van der Waals surface area contributed by atoms with Gasteiger partial charge in [0.25, 0.3) is 0 Å². The molecule has 0 aromatic heterocycles. The summed E-state index contributed by atoms with van der Waals surface area (Å²) in [6.07, 6.45) is 55.7. The maximum atomic E-state index is 13.1. The third-order valence-corrected chi connectivity index (χ3v) is 20.8. The highest BCUT2D eigenvalue weighted by Gasteiger charge is 2.30. The summed E-state index contributed by atoms with van der Waals surface area (Å²) >= 11 is 0. The van der Waals surface area contributed by atoms with E-state index in [1.165, 1.54) is 205 Å². The fourth-order valence-electron chi connectivity index (χ4n) is 12.2. The number of unbranched alkanes of at least 4 members (excludes halogenated alkanes) is 42. The lowest BCUT2D eigenvalue weighted by atomic mass is 9.99. The Bertz CT molecular complexity index is 1940. The van der Waals surface area contributed by atoms with E-state index in [4.69, 9.17) is 37.0 Å². The molecule has 3 N–H and O–H groups in total. The van der Waals surface area contributed by atoms with Crippen LogP contribution in [0.25, 0.3) is 0 Å². The van der Waals surface area contributed by atoms with Crippen molar-refractivity contribution in [1.82, 2.24) is 0 Å². The zero-order valence-electron chi connectivity index (χ0n) is 65.1. The summed E-state index contributed by atoms with van der Waals surface area (Å²) in [4.78, 5) is 72.9. The van der Waals surface area contributed by atoms with Crippen LogP contribution in [-0.2, 0) is 65.4 Å². The molecule has 6 atom stereocenters. The Kier molecular flexibility index (Phi) is 67.8. The van der Waals surface area contributed by atoms with E-state index >= 15 is 0 Å². The zero-order chi connectivity index (χ0) is 73.1. The fraction of sp³-hybridized carbons (Fsp3) is 0.950. The zero-order valence-corrected chi connectivity index (χ0v) is 66.9. The van der Waals surface area contributed by atoms with Crippen molar-refractivity contribution in [3.05, 3.63) is 0 Å². The number of esters is 4. The van der Waals surface area contributed by atoms with Gasteiger partial charge in [0.15, 0.2) is 12.2 Å². The number of rotatable bonds is 77. The molecule has 0 aliphatic rings. The van der Waals surface area contributed by atoms with Gasteiger partial charge in [0, 0.05) is 25.7 Å². The second kappa shape index (κ2) is 69.1. The van der Waals surface area contributed by atoms with Crippen molar-refractivity contribution >= 4 is 39.5 Å². The molecular weight excluding hydrogens is 1290 g/mol. The first kappa shape index (κ1) is 97.1. The third-order valence-electron chi connectivity index (χ3n) is 18.9. The minimum atomic E-state index is -4.96. The molecule has 0 aliphatic carbocycles. The van der Waals surface area contributed by atoms with Gasteiger partial charge in [-0.1, -0.05) is 357 Å². The van der Waals surface area contributed by atoms with E-state index < -0.39 is 97.5 Å². The first-order chi connectivity index (χ1) is 47.6. The number of aliphatic hydroxyl groups excluding tert-OH is 1. The molecule has 0 radical (unpaired) electrons. The second-order valence-corrected chi connectivity index (χ2v) is 33.4. The van der Waals surface area contributed by atoms with E-state index in [-0.39, 0.29) is 25.7 Å². The van der Waals surface area contributed by atoms with Gasteiger partial charge in [0.05, 0.1) is 26.4 Å². The smallest absolute Gasteiger partial charge is 0.462 e. The predicted molar refractivity (Wildman–Crippen MR) is 404 cm³/mol. The quantitative estimate of drug-likeness (QED) is 0.0222. The van der Waals surface area contributed by atoms with Gasteiger partial charge >= 0.3 is 39.5 Å². The van der Waals surface area contributed by atoms with Crippen molar-refractivity contribution in [3.8, 4) is 0 Å². The first-order valence-electron chi connectivity index (χ1n) is 41.2. The molecule has 3 unspecified atom stereocenters. The molecule has 17 nitrogen and oxygen atoms in total. The van der Waals surface area contributed by atoms with Crippen molar-refractivity contribution in [2.75, 3.05) is 39.6 Å². The summed E-state index contributed by atoms with van der Waals surface area (Å²) in [5.41, 5.74) is 0. The fourth-order valence-corrected chi connectivity index (χ4v) is 13.8. The van der Waals surface area contributed by atoms with E-state index in [0.717, 1.165) is 114 Å². The number of carbonyl (C=O) groups excluding carboxylic acids is 4. The average molecular weight is 1450 g/mol. The van der Waals surface area contributed by atoms with Crippen LogP contribution in [0.3, 0.4) is 0 Å². The van der Waals surface area contributed by atoms with Crippen LogP contribution >= 0.6 is 15.6 Å². The highest BCUT2D eigenvalue weighted by Crippen LogP contribution is 2.45. The van der Waals surface area contributed by atoms with Crippen molar-refractivity contribution in [2.45, 2.75) is 427 Å². The summed E-state index contributed by atoms with van der Waals surface area (Å²) in [6.45, 7) is 14.2. The molecule has 0 saturated heterocycles. The molecule has 0 spiro atoms. The van der Waals surface area contributed by atoms with Gasteiger partial charge in [-0.3, -0.25) is 37.3 Å². The Hall–Kier alpha value is -1.94. The number of ether oxygens (including phenoxy) is 4. The molecule has 0 bridgehead atoms. The van der Waals surface area contributed by atoms with Gasteiger partial charge in [-0.25, -0.2) is 9.13 Å². The minimum absolute atomic E-state index is 0.105. The van der Waals surface area contributed by atoms with Crippen molar-refractivity contribution in [2.24, 2.45) is 23.7 Å². The van der Waals surface area contributed by atoms with Crippen molar-refractivity contribution in [3.63, 3.8) is 0 Å². The molecular formula is C80H156O17P2. The Labute approximate surface area is 607 Å². The molecule has 99 heavy (non-hydrogen) atoms. The summed E-state index contributed by atoms with van der Waals surface area (Å²) in [5.74, 6) is 0.967. The SMILES string of the molecule is CCC(C)CCCCCCCCCCCCCCCCCCCCC(=O)O[C@H](COC(=O)CCCCCCCCCCCCC(C)C)COP(=O)(O)OC[C@@H](O)COP(=O)(O)OC[C@@H](COC(=O)CCCCCCCCC(C)C)OC(=O)CCCCCCCCCCCCCCC(C)C. The van der Waals surface area contributed by atoms with Crippen LogP contribution in [0.1, 0.15) is 409 Å². The third kappa shape index (κ3) is 72.8. The number of phosphoric acid groups is 2. The van der Waals surface area contributed by atoms with E-state index in [1.807, 2.05) is 0 Å². The van der Waals surface area contributed by atoms with Crippen molar-refractivity contribution in [1.29, 1.82) is 0 Å². The highest BCUT2D eigenvalue weighted by atomic mass is 31.2. The lowest BCUT2D eigenvalue weighted by Crippen LogP contribution is -2.30. The van der Waals surface area contributed by atoms with Crippen molar-refractivity contribution < 1.29 is 80.2 Å². The second-order valence-electron chi connectivity index (χ2n) is 30.5. The van der Waals surface area contributed by atoms with Gasteiger partial charge < -0.3 is 33.8 Å². The average Bonchev–Trinajstić information content (AvgIpc) is 1.02. The Morgan fingerprint density at radius 1 is 0.283 bits per heavy atom. The Balaban J connectivity index is 5.19. The molecule has 0 aromatic rings. The summed E-state index contributed by atoms with van der Waals surface area (Å²) in [5, 5.41) is 10.6. The van der Waals surface area contributed by atoms with Gasteiger partial charge in [0.2, 0.25) is 0 Å². The number of phosphoric ester groups is 2. The number of carbonyl (C=O) groups is 4. The van der Waals surface area contributed by atoms with Gasteiger partial charge in [-0.05, 0) is 49.4 Å². The predicted octanol–water partition coefficient (Wildman–Crippen LogP) is 23.6. The van der Waals surface area contributed by atoms with Crippen LogP contribution in [-0.4, -0.2) is 96.7 Å². The van der Waals surface area contributed by atoms with E-state index in [2.05, 4.69) is 55.4 Å². The summed E-state index contributed by atoms with van der Waals surface area (Å²) < 4.78 is 68.6. The standard InChI is InChI=1S/C80H156O17P2/c1-9-73(8)59-51-43-34-28-21-16-14-12-10-11-13-15-17-22-30-36-46-54-62-79(84)96-75(66-90-77(82)60-52-44-35-29-25-24-27-33-41-49-57-71(4)5)68-94-98(86,87)92-64-74(81)65-93-99(88,89)95-69-76(67-91-78(83)61-53-45-39-38-42-50-58-72(6)7)97-80(85)63-55-47-37-31-23-19-18-20-26-32-40-48-56-70(2)3/h70-76,81H,9-69H2,1-8H3,(H,86,87)(H,88,89)/t73?,74-,75-,76-/m1/s1. The molecule has 0 fully saturated rings. The molecule has 0 saturated carbocycles. The number of hydrogen-bond acceptors (Lipinski definition) is 15.